The molecule has 0 atom stereocenters. The lowest BCUT2D eigenvalue weighted by Gasteiger charge is -2.11. The number of hydrogen-bond donors (Lipinski definition) is 0. The van der Waals surface area contributed by atoms with Crippen LogP contribution in [0.2, 0.25) is 0 Å². The third kappa shape index (κ3) is 6.13. The van der Waals surface area contributed by atoms with E-state index in [1.165, 1.54) is 0 Å². The molecule has 0 spiro atoms. The fraction of sp³-hybridized carbons (Fsp3) is 0.600. The number of unbranched alkanes of at least 4 members (excludes halogenated alkanes) is 1. The molecule has 0 aromatic rings. The zero-order valence-electron chi connectivity index (χ0n) is 7.95. The summed E-state index contributed by atoms with van der Waals surface area (Å²) in [6.45, 7) is 3.59. The van der Waals surface area contributed by atoms with Crippen LogP contribution in [0.3, 0.4) is 0 Å². The van der Waals surface area contributed by atoms with Crippen molar-refractivity contribution in [2.45, 2.75) is 25.6 Å². The normalized spacial score (nSPS) is 11.2. The van der Waals surface area contributed by atoms with E-state index < -0.39 is 0 Å². The molecule has 2 heteroatoms. The highest BCUT2D eigenvalue weighted by atomic mass is 16.7. The van der Waals surface area contributed by atoms with Crippen LogP contribution in [0.4, 0.5) is 0 Å². The number of ether oxygens (including phenoxy) is 2. The van der Waals surface area contributed by atoms with Gasteiger partial charge in [0.25, 0.3) is 0 Å². The summed E-state index contributed by atoms with van der Waals surface area (Å²) >= 11 is 0. The zero-order chi connectivity index (χ0) is 9.23. The number of methoxy groups -OCH3 is 2. The maximum atomic E-state index is 5.04. The van der Waals surface area contributed by atoms with Crippen molar-refractivity contribution in [2.24, 2.45) is 0 Å². The summed E-state index contributed by atoms with van der Waals surface area (Å²) in [6.07, 6.45) is 8.84. The second-order valence-corrected chi connectivity index (χ2v) is 2.50. The van der Waals surface area contributed by atoms with E-state index in [-0.39, 0.29) is 6.29 Å². The minimum atomic E-state index is -0.0536. The zero-order valence-corrected chi connectivity index (χ0v) is 7.95. The summed E-state index contributed by atoms with van der Waals surface area (Å²) < 4.78 is 10.1. The van der Waals surface area contributed by atoms with E-state index in [0.29, 0.717) is 0 Å². The smallest absolute Gasteiger partial charge is 0.156 e. The first kappa shape index (κ1) is 11.4. The number of hydrogen-bond acceptors (Lipinski definition) is 2. The second-order valence-electron chi connectivity index (χ2n) is 2.50. The van der Waals surface area contributed by atoms with Crippen molar-refractivity contribution < 1.29 is 9.47 Å². The predicted molar refractivity (Wildman–Crippen MR) is 51.0 cm³/mol. The Hall–Kier alpha value is -0.600. The molecule has 70 valence electrons. The monoisotopic (exact) mass is 170 g/mol. The molecule has 0 aromatic carbocycles. The molecule has 0 aliphatic rings. The van der Waals surface area contributed by atoms with E-state index in [1.54, 1.807) is 20.3 Å². The van der Waals surface area contributed by atoms with Crippen LogP contribution in [0.25, 0.3) is 0 Å². The van der Waals surface area contributed by atoms with E-state index in [4.69, 9.17) is 9.47 Å². The molecule has 0 unspecified atom stereocenters. The fourth-order valence-electron chi connectivity index (χ4n) is 0.927. The van der Waals surface area contributed by atoms with Crippen LogP contribution >= 0.6 is 0 Å². The van der Waals surface area contributed by atoms with Crippen molar-refractivity contribution in [3.8, 4) is 0 Å². The maximum absolute atomic E-state index is 5.04. The Balaban J connectivity index is 3.28. The lowest BCUT2D eigenvalue weighted by atomic mass is 10.2. The molecule has 0 rings (SSSR count). The molecule has 2 nitrogen and oxygen atoms in total. The topological polar surface area (TPSA) is 18.5 Å². The molecule has 0 heterocycles. The molecule has 0 bridgehead atoms. The molecule has 0 radical (unpaired) electrons. The van der Waals surface area contributed by atoms with Gasteiger partial charge >= 0.3 is 0 Å². The molecule has 0 aliphatic carbocycles. The van der Waals surface area contributed by atoms with E-state index >= 15 is 0 Å². The van der Waals surface area contributed by atoms with Gasteiger partial charge in [0.1, 0.15) is 0 Å². The first-order valence-electron chi connectivity index (χ1n) is 4.18. The van der Waals surface area contributed by atoms with Gasteiger partial charge in [-0.05, 0) is 19.3 Å². The molecule has 0 aliphatic heterocycles. The maximum Gasteiger partial charge on any atom is 0.156 e. The van der Waals surface area contributed by atoms with Crippen LogP contribution in [-0.2, 0) is 9.47 Å². The Morgan fingerprint density at radius 1 is 1.33 bits per heavy atom. The third-order valence-corrected chi connectivity index (χ3v) is 1.61. The first-order valence-corrected chi connectivity index (χ1v) is 4.18. The van der Waals surface area contributed by atoms with Gasteiger partial charge < -0.3 is 9.47 Å². The van der Waals surface area contributed by atoms with Gasteiger partial charge in [0, 0.05) is 14.2 Å². The first-order chi connectivity index (χ1) is 5.85. The predicted octanol–water partition coefficient (Wildman–Crippen LogP) is 2.52. The molecule has 0 N–H and O–H groups in total. The summed E-state index contributed by atoms with van der Waals surface area (Å²) in [5.41, 5.74) is 0. The number of rotatable bonds is 7. The Morgan fingerprint density at radius 3 is 2.50 bits per heavy atom. The Bertz CT molecular complexity index is 126. The van der Waals surface area contributed by atoms with Gasteiger partial charge in [0.05, 0.1) is 0 Å². The summed E-state index contributed by atoms with van der Waals surface area (Å²) in [5, 5.41) is 0. The molecule has 12 heavy (non-hydrogen) atoms. The Labute approximate surface area is 74.9 Å². The highest BCUT2D eigenvalue weighted by Gasteiger charge is 2.01. The molecule has 0 saturated carbocycles. The van der Waals surface area contributed by atoms with Gasteiger partial charge in [0.15, 0.2) is 6.29 Å². The summed E-state index contributed by atoms with van der Waals surface area (Å²) in [5.74, 6) is 0. The second kappa shape index (κ2) is 8.50. The fourth-order valence-corrected chi connectivity index (χ4v) is 0.927. The van der Waals surface area contributed by atoms with Gasteiger partial charge in [-0.1, -0.05) is 24.8 Å². The lowest BCUT2D eigenvalue weighted by Crippen LogP contribution is -2.11. The van der Waals surface area contributed by atoms with Crippen molar-refractivity contribution in [3.05, 3.63) is 24.8 Å². The molecule has 0 saturated heterocycles. The Morgan fingerprint density at radius 2 is 2.00 bits per heavy atom. The van der Waals surface area contributed by atoms with E-state index in [0.717, 1.165) is 19.3 Å². The van der Waals surface area contributed by atoms with Gasteiger partial charge in [-0.3, -0.25) is 0 Å². The van der Waals surface area contributed by atoms with Crippen LogP contribution in [0.5, 0.6) is 0 Å². The van der Waals surface area contributed by atoms with Crippen LogP contribution < -0.4 is 0 Å². The minimum absolute atomic E-state index is 0.0536. The van der Waals surface area contributed by atoms with E-state index in [2.05, 4.69) is 12.7 Å². The molecular weight excluding hydrogens is 152 g/mol. The highest BCUT2D eigenvalue weighted by molar-refractivity contribution is 4.96. The standard InChI is InChI=1S/C10H18O2/c1-4-5-6-7-8-9-10(11-2)12-3/h4-6,10H,1,7-9H2,2-3H3/b6-5+. The van der Waals surface area contributed by atoms with Crippen LogP contribution in [0.1, 0.15) is 19.3 Å². The van der Waals surface area contributed by atoms with Gasteiger partial charge in [-0.25, -0.2) is 0 Å². The largest absolute Gasteiger partial charge is 0.356 e. The number of allylic oxidation sites excluding steroid dienone is 3. The SMILES string of the molecule is C=C/C=C/CCCC(OC)OC. The van der Waals surface area contributed by atoms with Crippen LogP contribution in [0.15, 0.2) is 24.8 Å². The van der Waals surface area contributed by atoms with E-state index in [1.807, 2.05) is 6.08 Å². The average molecular weight is 170 g/mol. The van der Waals surface area contributed by atoms with Crippen molar-refractivity contribution in [2.75, 3.05) is 14.2 Å². The molecule has 0 fully saturated rings. The minimum Gasteiger partial charge on any atom is -0.356 e. The van der Waals surface area contributed by atoms with E-state index in [9.17, 15) is 0 Å². The molecule has 0 aromatic heterocycles. The molecule has 0 amide bonds. The summed E-state index contributed by atoms with van der Waals surface area (Å²) in [4.78, 5) is 0. The third-order valence-electron chi connectivity index (χ3n) is 1.61. The summed E-state index contributed by atoms with van der Waals surface area (Å²) in [7, 11) is 3.32. The van der Waals surface area contributed by atoms with Gasteiger partial charge in [-0.2, -0.15) is 0 Å². The van der Waals surface area contributed by atoms with Crippen molar-refractivity contribution in [1.29, 1.82) is 0 Å². The molecular formula is C10H18O2. The van der Waals surface area contributed by atoms with Crippen LogP contribution in [0, 0.1) is 0 Å². The lowest BCUT2D eigenvalue weighted by molar-refractivity contribution is -0.106. The Kier molecular flexibility index (Phi) is 8.07. The highest BCUT2D eigenvalue weighted by Crippen LogP contribution is 2.04. The summed E-state index contributed by atoms with van der Waals surface area (Å²) in [6, 6.07) is 0. The van der Waals surface area contributed by atoms with Crippen molar-refractivity contribution in [3.63, 3.8) is 0 Å². The van der Waals surface area contributed by atoms with Crippen molar-refractivity contribution in [1.82, 2.24) is 0 Å². The van der Waals surface area contributed by atoms with Gasteiger partial charge in [-0.15, -0.1) is 0 Å². The van der Waals surface area contributed by atoms with Crippen molar-refractivity contribution >= 4 is 0 Å². The average Bonchev–Trinajstić information content (AvgIpc) is 2.11. The van der Waals surface area contributed by atoms with Gasteiger partial charge in [0.2, 0.25) is 0 Å². The van der Waals surface area contributed by atoms with Crippen LogP contribution in [-0.4, -0.2) is 20.5 Å². The quantitative estimate of drug-likeness (QED) is 0.332.